The Balaban J connectivity index is 1.43. The molecule has 0 saturated carbocycles. The number of anilines is 2. The maximum atomic E-state index is 13.0. The van der Waals surface area contributed by atoms with Gasteiger partial charge in [0.25, 0.3) is 5.91 Å². The first-order valence-corrected chi connectivity index (χ1v) is 9.45. The van der Waals surface area contributed by atoms with Crippen LogP contribution in [0, 0.1) is 5.82 Å². The van der Waals surface area contributed by atoms with Gasteiger partial charge in [-0.2, -0.15) is 0 Å². The number of nitrogens with zero attached hydrogens (tertiary/aromatic N) is 3. The van der Waals surface area contributed by atoms with Crippen LogP contribution in [-0.2, 0) is 0 Å². The van der Waals surface area contributed by atoms with E-state index in [4.69, 9.17) is 0 Å². The first-order chi connectivity index (χ1) is 13.7. The molecule has 1 saturated heterocycles. The van der Waals surface area contributed by atoms with Gasteiger partial charge in [0.15, 0.2) is 5.82 Å². The van der Waals surface area contributed by atoms with E-state index in [0.29, 0.717) is 11.3 Å². The van der Waals surface area contributed by atoms with Crippen LogP contribution in [0.5, 0.6) is 0 Å². The average Bonchev–Trinajstić information content (AvgIpc) is 2.76. The van der Waals surface area contributed by atoms with E-state index in [0.717, 1.165) is 30.2 Å². The molecule has 2 aromatic carbocycles. The third kappa shape index (κ3) is 4.17. The molecule has 1 aromatic heterocycles. The summed E-state index contributed by atoms with van der Waals surface area (Å²) < 4.78 is 13.0. The summed E-state index contributed by atoms with van der Waals surface area (Å²) in [4.78, 5) is 14.6. The zero-order chi connectivity index (χ0) is 19.3. The molecular formula is C22H21FN4O. The maximum Gasteiger partial charge on any atom is 0.255 e. The van der Waals surface area contributed by atoms with Crippen LogP contribution in [0.4, 0.5) is 15.9 Å². The number of hydrogen-bond donors (Lipinski definition) is 1. The molecule has 0 unspecified atom stereocenters. The quantitative estimate of drug-likeness (QED) is 0.727. The highest BCUT2D eigenvalue weighted by Gasteiger charge is 2.13. The summed E-state index contributed by atoms with van der Waals surface area (Å²) in [6, 6.07) is 16.8. The summed E-state index contributed by atoms with van der Waals surface area (Å²) in [5, 5.41) is 11.5. The van der Waals surface area contributed by atoms with Crippen LogP contribution >= 0.6 is 0 Å². The van der Waals surface area contributed by atoms with Gasteiger partial charge in [-0.15, -0.1) is 10.2 Å². The van der Waals surface area contributed by atoms with Crippen molar-refractivity contribution in [1.82, 2.24) is 10.2 Å². The summed E-state index contributed by atoms with van der Waals surface area (Å²) in [6.45, 7) is 2.07. The molecule has 1 amide bonds. The number of aromatic nitrogens is 2. The predicted octanol–water partition coefficient (Wildman–Crippen LogP) is 4.53. The molecule has 4 rings (SSSR count). The van der Waals surface area contributed by atoms with Crippen molar-refractivity contribution in [2.75, 3.05) is 23.3 Å². The number of amides is 1. The Hall–Kier alpha value is -3.28. The molecule has 1 aliphatic rings. The highest BCUT2D eigenvalue weighted by Crippen LogP contribution is 2.21. The Labute approximate surface area is 163 Å². The van der Waals surface area contributed by atoms with Crippen LogP contribution in [0.1, 0.15) is 29.6 Å². The van der Waals surface area contributed by atoms with Crippen molar-refractivity contribution in [1.29, 1.82) is 0 Å². The minimum Gasteiger partial charge on any atom is -0.355 e. The molecule has 5 nitrogen and oxygen atoms in total. The first kappa shape index (κ1) is 18.1. The van der Waals surface area contributed by atoms with E-state index >= 15 is 0 Å². The number of halogens is 1. The van der Waals surface area contributed by atoms with E-state index in [-0.39, 0.29) is 11.7 Å². The van der Waals surface area contributed by atoms with E-state index in [1.54, 1.807) is 12.1 Å². The Bertz CT molecular complexity index is 934. The molecule has 1 N–H and O–H groups in total. The molecule has 1 fully saturated rings. The van der Waals surface area contributed by atoms with Gasteiger partial charge in [0.1, 0.15) is 5.82 Å². The number of carbonyl (C=O) groups is 1. The fourth-order valence-electron chi connectivity index (χ4n) is 3.30. The smallest absolute Gasteiger partial charge is 0.255 e. The molecule has 28 heavy (non-hydrogen) atoms. The SMILES string of the molecule is O=C(Nc1ccc(F)cc1)c1ccc(-c2ccc(N3CCCCC3)nn2)cc1. The molecule has 2 heterocycles. The maximum absolute atomic E-state index is 13.0. The molecule has 3 aromatic rings. The number of hydrogen-bond acceptors (Lipinski definition) is 4. The lowest BCUT2D eigenvalue weighted by molar-refractivity contribution is 0.102. The fraction of sp³-hybridized carbons (Fsp3) is 0.227. The van der Waals surface area contributed by atoms with Crippen molar-refractivity contribution in [3.8, 4) is 11.3 Å². The van der Waals surface area contributed by atoms with Crippen LogP contribution in [0.15, 0.2) is 60.7 Å². The van der Waals surface area contributed by atoms with Gasteiger partial charge in [0.2, 0.25) is 0 Å². The zero-order valence-corrected chi connectivity index (χ0v) is 15.4. The molecule has 0 bridgehead atoms. The van der Waals surface area contributed by atoms with Gasteiger partial charge >= 0.3 is 0 Å². The first-order valence-electron chi connectivity index (χ1n) is 9.45. The number of nitrogens with one attached hydrogen (secondary N) is 1. The molecule has 0 atom stereocenters. The van der Waals surface area contributed by atoms with Crippen molar-refractivity contribution in [2.45, 2.75) is 19.3 Å². The van der Waals surface area contributed by atoms with Crippen molar-refractivity contribution >= 4 is 17.4 Å². The lowest BCUT2D eigenvalue weighted by Gasteiger charge is -2.27. The van der Waals surface area contributed by atoms with Crippen LogP contribution in [0.25, 0.3) is 11.3 Å². The minimum absolute atomic E-state index is 0.246. The van der Waals surface area contributed by atoms with E-state index < -0.39 is 0 Å². The lowest BCUT2D eigenvalue weighted by Crippen LogP contribution is -2.30. The number of piperidine rings is 1. The molecular weight excluding hydrogens is 355 g/mol. The average molecular weight is 376 g/mol. The molecule has 1 aliphatic heterocycles. The van der Waals surface area contributed by atoms with Crippen LogP contribution in [-0.4, -0.2) is 29.2 Å². The third-order valence-corrected chi connectivity index (χ3v) is 4.88. The van der Waals surface area contributed by atoms with E-state index in [1.165, 1.54) is 43.5 Å². The highest BCUT2D eigenvalue weighted by molar-refractivity contribution is 6.04. The number of rotatable bonds is 4. The van der Waals surface area contributed by atoms with E-state index in [9.17, 15) is 9.18 Å². The topological polar surface area (TPSA) is 58.1 Å². The summed E-state index contributed by atoms with van der Waals surface area (Å²) in [5.41, 5.74) is 2.74. The zero-order valence-electron chi connectivity index (χ0n) is 15.4. The van der Waals surface area contributed by atoms with Gasteiger partial charge < -0.3 is 10.2 Å². The normalized spacial score (nSPS) is 14.0. The Morgan fingerprint density at radius 1 is 0.857 bits per heavy atom. The van der Waals surface area contributed by atoms with Gasteiger partial charge in [0.05, 0.1) is 5.69 Å². The standard InChI is InChI=1S/C22H21FN4O/c23-18-8-10-19(11-9-18)24-22(28)17-6-4-16(5-7-17)20-12-13-21(26-25-20)27-14-2-1-3-15-27/h4-13H,1-3,14-15H2,(H,24,28). The van der Waals surface area contributed by atoms with Gasteiger partial charge in [-0.1, -0.05) is 12.1 Å². The number of benzene rings is 2. The Morgan fingerprint density at radius 3 is 2.21 bits per heavy atom. The highest BCUT2D eigenvalue weighted by atomic mass is 19.1. The lowest BCUT2D eigenvalue weighted by atomic mass is 10.1. The molecule has 6 heteroatoms. The van der Waals surface area contributed by atoms with Gasteiger partial charge in [0, 0.05) is 29.9 Å². The summed E-state index contributed by atoms with van der Waals surface area (Å²) in [6.07, 6.45) is 3.68. The largest absolute Gasteiger partial charge is 0.355 e. The minimum atomic E-state index is -0.338. The molecule has 0 aliphatic carbocycles. The summed E-state index contributed by atoms with van der Waals surface area (Å²) in [5.74, 6) is 0.332. The molecule has 0 spiro atoms. The second kappa shape index (κ2) is 8.17. The van der Waals surface area contributed by atoms with Gasteiger partial charge in [-0.25, -0.2) is 4.39 Å². The second-order valence-electron chi connectivity index (χ2n) is 6.86. The molecule has 142 valence electrons. The number of carbonyl (C=O) groups excluding carboxylic acids is 1. The Kier molecular flexibility index (Phi) is 5.28. The third-order valence-electron chi connectivity index (χ3n) is 4.88. The van der Waals surface area contributed by atoms with E-state index in [2.05, 4.69) is 20.4 Å². The van der Waals surface area contributed by atoms with Crippen LogP contribution < -0.4 is 10.2 Å². The summed E-state index contributed by atoms with van der Waals surface area (Å²) in [7, 11) is 0. The van der Waals surface area contributed by atoms with Crippen LogP contribution in [0.2, 0.25) is 0 Å². The molecule has 0 radical (unpaired) electrons. The van der Waals surface area contributed by atoms with Gasteiger partial charge in [-0.3, -0.25) is 4.79 Å². The van der Waals surface area contributed by atoms with Crippen molar-refractivity contribution in [3.05, 3.63) is 72.0 Å². The predicted molar refractivity (Wildman–Crippen MR) is 108 cm³/mol. The second-order valence-corrected chi connectivity index (χ2v) is 6.86. The van der Waals surface area contributed by atoms with Crippen molar-refractivity contribution < 1.29 is 9.18 Å². The van der Waals surface area contributed by atoms with Crippen molar-refractivity contribution in [3.63, 3.8) is 0 Å². The van der Waals surface area contributed by atoms with Gasteiger partial charge in [-0.05, 0) is 67.8 Å². The Morgan fingerprint density at radius 2 is 1.57 bits per heavy atom. The van der Waals surface area contributed by atoms with Crippen LogP contribution in [0.3, 0.4) is 0 Å². The fourth-order valence-corrected chi connectivity index (χ4v) is 3.30. The van der Waals surface area contributed by atoms with Crippen molar-refractivity contribution in [2.24, 2.45) is 0 Å². The monoisotopic (exact) mass is 376 g/mol. The summed E-state index contributed by atoms with van der Waals surface area (Å²) >= 11 is 0. The van der Waals surface area contributed by atoms with E-state index in [1.807, 2.05) is 24.3 Å².